The zero-order valence-electron chi connectivity index (χ0n) is 9.03. The molecule has 2 aromatic rings. The Balaban J connectivity index is 2.19. The van der Waals surface area contributed by atoms with E-state index in [0.29, 0.717) is 18.3 Å². The molecule has 1 aromatic carbocycles. The van der Waals surface area contributed by atoms with Crippen molar-refractivity contribution in [3.63, 3.8) is 0 Å². The lowest BCUT2D eigenvalue weighted by Gasteiger charge is -2.05. The van der Waals surface area contributed by atoms with Crippen molar-refractivity contribution in [3.05, 3.63) is 35.0 Å². The molecule has 0 saturated heterocycles. The Hall–Kier alpha value is -1.03. The molecule has 1 aromatic heterocycles. The summed E-state index contributed by atoms with van der Waals surface area (Å²) in [5.74, 6) is 0. The summed E-state index contributed by atoms with van der Waals surface area (Å²) in [6, 6.07) is 7.73. The highest BCUT2D eigenvalue weighted by Gasteiger charge is 2.11. The van der Waals surface area contributed by atoms with Gasteiger partial charge in [0.25, 0.3) is 0 Å². The van der Waals surface area contributed by atoms with Crippen LogP contribution in [-0.4, -0.2) is 17.8 Å². The lowest BCUT2D eigenvalue weighted by atomic mass is 10.2. The summed E-state index contributed by atoms with van der Waals surface area (Å²) in [6.07, 6.45) is -0.364. The first-order chi connectivity index (χ1) is 7.68. The first kappa shape index (κ1) is 11.5. The van der Waals surface area contributed by atoms with Crippen LogP contribution in [-0.2, 0) is 6.54 Å². The van der Waals surface area contributed by atoms with Gasteiger partial charge >= 0.3 is 0 Å². The molecule has 0 aliphatic carbocycles. The van der Waals surface area contributed by atoms with E-state index in [-0.39, 0.29) is 6.10 Å². The van der Waals surface area contributed by atoms with Crippen molar-refractivity contribution in [2.75, 3.05) is 6.54 Å². The van der Waals surface area contributed by atoms with Gasteiger partial charge in [-0.25, -0.2) is 0 Å². The van der Waals surface area contributed by atoms with E-state index in [2.05, 4.69) is 5.32 Å². The van der Waals surface area contributed by atoms with Crippen molar-refractivity contribution in [2.24, 2.45) is 0 Å². The van der Waals surface area contributed by atoms with Crippen LogP contribution in [0, 0.1) is 0 Å². The number of rotatable bonds is 4. The SMILES string of the molecule is C[C@@H](O)CNCc1c(Cl)oc2ccccc12. The maximum absolute atomic E-state index is 9.14. The molecule has 0 fully saturated rings. The lowest BCUT2D eigenvalue weighted by molar-refractivity contribution is 0.191. The van der Waals surface area contributed by atoms with Crippen molar-refractivity contribution in [1.29, 1.82) is 0 Å². The zero-order valence-corrected chi connectivity index (χ0v) is 9.79. The molecule has 0 amide bonds. The summed E-state index contributed by atoms with van der Waals surface area (Å²) in [6.45, 7) is 2.87. The monoisotopic (exact) mass is 239 g/mol. The number of nitrogens with one attached hydrogen (secondary N) is 1. The Morgan fingerprint density at radius 2 is 2.19 bits per heavy atom. The van der Waals surface area contributed by atoms with Crippen molar-refractivity contribution >= 4 is 22.6 Å². The van der Waals surface area contributed by atoms with E-state index < -0.39 is 0 Å². The number of para-hydroxylation sites is 1. The Morgan fingerprint density at radius 3 is 2.94 bits per heavy atom. The van der Waals surface area contributed by atoms with Crippen molar-refractivity contribution in [2.45, 2.75) is 19.6 Å². The van der Waals surface area contributed by atoms with E-state index >= 15 is 0 Å². The van der Waals surface area contributed by atoms with Gasteiger partial charge in [-0.05, 0) is 24.6 Å². The van der Waals surface area contributed by atoms with Gasteiger partial charge in [0.1, 0.15) is 5.58 Å². The molecule has 1 heterocycles. The van der Waals surface area contributed by atoms with Gasteiger partial charge in [0, 0.05) is 24.0 Å². The van der Waals surface area contributed by atoms with Crippen LogP contribution in [0.1, 0.15) is 12.5 Å². The minimum atomic E-state index is -0.364. The molecule has 0 aliphatic heterocycles. The van der Waals surface area contributed by atoms with E-state index in [4.69, 9.17) is 21.1 Å². The maximum Gasteiger partial charge on any atom is 0.199 e. The van der Waals surface area contributed by atoms with Crippen LogP contribution in [0.2, 0.25) is 5.22 Å². The minimum absolute atomic E-state index is 0.364. The van der Waals surface area contributed by atoms with E-state index in [1.807, 2.05) is 24.3 Å². The summed E-state index contributed by atoms with van der Waals surface area (Å²) in [5.41, 5.74) is 1.74. The number of furan rings is 1. The second kappa shape index (κ2) is 4.87. The third-order valence-electron chi connectivity index (χ3n) is 2.39. The summed E-state index contributed by atoms with van der Waals surface area (Å²) >= 11 is 6.01. The quantitative estimate of drug-likeness (QED) is 0.862. The predicted octanol–water partition coefficient (Wildman–Crippen LogP) is 2.56. The van der Waals surface area contributed by atoms with Crippen LogP contribution in [0.5, 0.6) is 0 Å². The second-order valence-corrected chi connectivity index (χ2v) is 4.17. The summed E-state index contributed by atoms with van der Waals surface area (Å²) in [4.78, 5) is 0. The molecule has 2 N–H and O–H groups in total. The number of aliphatic hydroxyl groups is 1. The van der Waals surface area contributed by atoms with Gasteiger partial charge in [-0.2, -0.15) is 0 Å². The minimum Gasteiger partial charge on any atom is -0.444 e. The number of hydrogen-bond donors (Lipinski definition) is 2. The maximum atomic E-state index is 9.14. The molecule has 16 heavy (non-hydrogen) atoms. The molecular formula is C12H14ClNO2. The summed E-state index contributed by atoms with van der Waals surface area (Å²) in [5, 5.41) is 13.7. The first-order valence-electron chi connectivity index (χ1n) is 5.23. The molecule has 86 valence electrons. The van der Waals surface area contributed by atoms with Crippen LogP contribution in [0.4, 0.5) is 0 Å². The zero-order chi connectivity index (χ0) is 11.5. The Morgan fingerprint density at radius 1 is 1.44 bits per heavy atom. The van der Waals surface area contributed by atoms with Crippen molar-refractivity contribution < 1.29 is 9.52 Å². The fourth-order valence-electron chi connectivity index (χ4n) is 1.64. The normalized spacial score (nSPS) is 13.2. The van der Waals surface area contributed by atoms with Gasteiger partial charge in [-0.1, -0.05) is 18.2 Å². The average Bonchev–Trinajstić information content (AvgIpc) is 2.55. The Bertz CT molecular complexity index is 479. The second-order valence-electron chi connectivity index (χ2n) is 3.83. The van der Waals surface area contributed by atoms with Gasteiger partial charge in [0.2, 0.25) is 0 Å². The molecule has 0 saturated carbocycles. The van der Waals surface area contributed by atoms with Crippen LogP contribution < -0.4 is 5.32 Å². The highest BCUT2D eigenvalue weighted by molar-refractivity contribution is 6.30. The van der Waals surface area contributed by atoms with E-state index in [1.54, 1.807) is 6.92 Å². The fourth-order valence-corrected chi connectivity index (χ4v) is 1.89. The molecular weight excluding hydrogens is 226 g/mol. The van der Waals surface area contributed by atoms with Gasteiger partial charge in [-0.15, -0.1) is 0 Å². The third kappa shape index (κ3) is 2.38. The highest BCUT2D eigenvalue weighted by atomic mass is 35.5. The molecule has 0 unspecified atom stereocenters. The fraction of sp³-hybridized carbons (Fsp3) is 0.333. The van der Waals surface area contributed by atoms with Crippen LogP contribution in [0.25, 0.3) is 11.0 Å². The molecule has 0 spiro atoms. The van der Waals surface area contributed by atoms with E-state index in [9.17, 15) is 0 Å². The first-order valence-corrected chi connectivity index (χ1v) is 5.61. The average molecular weight is 240 g/mol. The molecule has 2 rings (SSSR count). The van der Waals surface area contributed by atoms with E-state index in [0.717, 1.165) is 16.5 Å². The number of halogens is 1. The Kier molecular flexibility index (Phi) is 3.49. The molecule has 0 bridgehead atoms. The smallest absolute Gasteiger partial charge is 0.199 e. The van der Waals surface area contributed by atoms with Crippen LogP contribution in [0.3, 0.4) is 0 Å². The van der Waals surface area contributed by atoms with Gasteiger partial charge in [0.05, 0.1) is 6.10 Å². The molecule has 0 radical (unpaired) electrons. The van der Waals surface area contributed by atoms with Crippen molar-refractivity contribution in [3.8, 4) is 0 Å². The number of hydrogen-bond acceptors (Lipinski definition) is 3. The molecule has 1 atom stereocenters. The predicted molar refractivity (Wildman–Crippen MR) is 64.6 cm³/mol. The molecule has 0 aliphatic rings. The van der Waals surface area contributed by atoms with Crippen LogP contribution >= 0.6 is 11.6 Å². The van der Waals surface area contributed by atoms with Crippen molar-refractivity contribution in [1.82, 2.24) is 5.32 Å². The number of fused-ring (bicyclic) bond motifs is 1. The third-order valence-corrected chi connectivity index (χ3v) is 2.70. The number of benzene rings is 1. The standard InChI is InChI=1S/C12H14ClNO2/c1-8(15)6-14-7-10-9-4-2-3-5-11(9)16-12(10)13/h2-5,8,14-15H,6-7H2,1H3/t8-/m1/s1. The van der Waals surface area contributed by atoms with Gasteiger partial charge in [-0.3, -0.25) is 0 Å². The molecule has 4 heteroatoms. The Labute approximate surface area is 99.0 Å². The summed E-state index contributed by atoms with van der Waals surface area (Å²) in [7, 11) is 0. The topological polar surface area (TPSA) is 45.4 Å². The van der Waals surface area contributed by atoms with Crippen LogP contribution in [0.15, 0.2) is 28.7 Å². The number of aliphatic hydroxyl groups excluding tert-OH is 1. The van der Waals surface area contributed by atoms with Gasteiger partial charge in [0.15, 0.2) is 5.22 Å². The highest BCUT2D eigenvalue weighted by Crippen LogP contribution is 2.29. The largest absolute Gasteiger partial charge is 0.444 e. The summed E-state index contributed by atoms with van der Waals surface area (Å²) < 4.78 is 5.42. The lowest BCUT2D eigenvalue weighted by Crippen LogP contribution is -2.23. The van der Waals surface area contributed by atoms with Gasteiger partial charge < -0.3 is 14.8 Å². The van der Waals surface area contributed by atoms with E-state index in [1.165, 1.54) is 0 Å². The molecule has 3 nitrogen and oxygen atoms in total.